The maximum atomic E-state index is 12.4. The lowest BCUT2D eigenvalue weighted by Gasteiger charge is -2.07. The van der Waals surface area contributed by atoms with Gasteiger partial charge in [0.25, 0.3) is 0 Å². The molecule has 0 spiro atoms. The monoisotopic (exact) mass is 358 g/mol. The van der Waals surface area contributed by atoms with Crippen LogP contribution in [0, 0.1) is 0 Å². The third-order valence-corrected chi connectivity index (χ3v) is 6.17. The Morgan fingerprint density at radius 1 is 0.800 bits per heavy atom. The summed E-state index contributed by atoms with van der Waals surface area (Å²) in [4.78, 5) is 11.7. The number of Topliss-reactive ketones (excluding diaryl/α,β-unsaturated/α-hetero) is 1. The summed E-state index contributed by atoms with van der Waals surface area (Å²) in [6.45, 7) is 3.68. The second-order valence-corrected chi connectivity index (χ2v) is 8.50. The normalized spacial score (nSPS) is 11.4. The SMILES string of the molecule is CCCCCCCS(=O)(=O)c1ccc(-c2ccc(C(C)=O)cc2)cc1. The molecule has 3 nitrogen and oxygen atoms in total. The van der Waals surface area contributed by atoms with Gasteiger partial charge in [-0.25, -0.2) is 8.42 Å². The molecule has 0 fully saturated rings. The topological polar surface area (TPSA) is 51.2 Å². The van der Waals surface area contributed by atoms with Crippen molar-refractivity contribution in [2.75, 3.05) is 5.75 Å². The van der Waals surface area contributed by atoms with Crippen LogP contribution in [0.5, 0.6) is 0 Å². The Kier molecular flexibility index (Phi) is 6.94. The molecule has 0 N–H and O–H groups in total. The van der Waals surface area contributed by atoms with E-state index in [1.807, 2.05) is 24.3 Å². The van der Waals surface area contributed by atoms with Crippen molar-refractivity contribution in [3.8, 4) is 11.1 Å². The van der Waals surface area contributed by atoms with E-state index in [9.17, 15) is 13.2 Å². The zero-order chi connectivity index (χ0) is 18.3. The number of ketones is 1. The molecule has 0 unspecified atom stereocenters. The van der Waals surface area contributed by atoms with Crippen LogP contribution in [0.1, 0.15) is 56.3 Å². The number of hydrogen-bond acceptors (Lipinski definition) is 3. The van der Waals surface area contributed by atoms with Crippen molar-refractivity contribution in [2.45, 2.75) is 50.8 Å². The van der Waals surface area contributed by atoms with Gasteiger partial charge in [-0.1, -0.05) is 69.0 Å². The van der Waals surface area contributed by atoms with E-state index in [2.05, 4.69) is 6.92 Å². The van der Waals surface area contributed by atoms with E-state index < -0.39 is 9.84 Å². The number of carbonyl (C=O) groups excluding carboxylic acids is 1. The predicted molar refractivity (Wildman–Crippen MR) is 103 cm³/mol. The first-order chi connectivity index (χ1) is 11.9. The van der Waals surface area contributed by atoms with Crippen LogP contribution < -0.4 is 0 Å². The summed E-state index contributed by atoms with van der Waals surface area (Å²) in [6.07, 6.45) is 5.10. The molecular formula is C21H26O3S. The van der Waals surface area contributed by atoms with E-state index in [4.69, 9.17) is 0 Å². The van der Waals surface area contributed by atoms with Gasteiger partial charge in [-0.3, -0.25) is 4.79 Å². The summed E-state index contributed by atoms with van der Waals surface area (Å²) >= 11 is 0. The summed E-state index contributed by atoms with van der Waals surface area (Å²) < 4.78 is 24.8. The highest BCUT2D eigenvalue weighted by atomic mass is 32.2. The standard InChI is InChI=1S/C21H26O3S/c1-3-4-5-6-7-16-25(23,24)21-14-12-20(13-15-21)19-10-8-18(9-11-19)17(2)22/h8-15H,3-7,16H2,1-2H3. The lowest BCUT2D eigenvalue weighted by molar-refractivity contribution is 0.101. The Morgan fingerprint density at radius 3 is 1.84 bits per heavy atom. The summed E-state index contributed by atoms with van der Waals surface area (Å²) in [5, 5.41) is 0. The second kappa shape index (κ2) is 8.95. The molecule has 2 aromatic rings. The lowest BCUT2D eigenvalue weighted by atomic mass is 10.0. The van der Waals surface area contributed by atoms with Crippen molar-refractivity contribution < 1.29 is 13.2 Å². The first-order valence-corrected chi connectivity index (χ1v) is 10.5. The largest absolute Gasteiger partial charge is 0.295 e. The van der Waals surface area contributed by atoms with Crippen molar-refractivity contribution in [1.82, 2.24) is 0 Å². The molecule has 0 saturated heterocycles. The van der Waals surface area contributed by atoms with Crippen molar-refractivity contribution in [2.24, 2.45) is 0 Å². The van der Waals surface area contributed by atoms with E-state index in [0.29, 0.717) is 10.5 Å². The highest BCUT2D eigenvalue weighted by Crippen LogP contribution is 2.23. The van der Waals surface area contributed by atoms with Gasteiger partial charge in [0.05, 0.1) is 10.6 Å². The molecule has 2 rings (SSSR count). The molecule has 0 bridgehead atoms. The lowest BCUT2D eigenvalue weighted by Crippen LogP contribution is -2.06. The fraction of sp³-hybridized carbons (Fsp3) is 0.381. The molecule has 0 heterocycles. The van der Waals surface area contributed by atoms with E-state index in [0.717, 1.165) is 43.2 Å². The van der Waals surface area contributed by atoms with Crippen LogP contribution in [0.25, 0.3) is 11.1 Å². The Morgan fingerprint density at radius 2 is 1.32 bits per heavy atom. The molecule has 2 aromatic carbocycles. The quantitative estimate of drug-likeness (QED) is 0.451. The highest BCUT2D eigenvalue weighted by molar-refractivity contribution is 7.91. The van der Waals surface area contributed by atoms with Crippen LogP contribution in [0.4, 0.5) is 0 Å². The van der Waals surface area contributed by atoms with E-state index in [-0.39, 0.29) is 11.5 Å². The van der Waals surface area contributed by atoms with Gasteiger partial charge in [-0.2, -0.15) is 0 Å². The third kappa shape index (κ3) is 5.53. The van der Waals surface area contributed by atoms with Gasteiger partial charge < -0.3 is 0 Å². The maximum Gasteiger partial charge on any atom is 0.178 e. The van der Waals surface area contributed by atoms with E-state index in [1.54, 1.807) is 24.3 Å². The first-order valence-electron chi connectivity index (χ1n) is 8.88. The van der Waals surface area contributed by atoms with Gasteiger partial charge in [0, 0.05) is 5.56 Å². The zero-order valence-corrected chi connectivity index (χ0v) is 15.8. The Labute approximate surface area is 151 Å². The van der Waals surface area contributed by atoms with E-state index >= 15 is 0 Å². The van der Waals surface area contributed by atoms with Crippen LogP contribution in [-0.4, -0.2) is 20.0 Å². The molecule has 0 radical (unpaired) electrons. The number of sulfone groups is 1. The minimum atomic E-state index is -3.21. The van der Waals surface area contributed by atoms with Gasteiger partial charge >= 0.3 is 0 Å². The third-order valence-electron chi connectivity index (χ3n) is 4.35. The summed E-state index contributed by atoms with van der Waals surface area (Å²) in [6, 6.07) is 14.4. The number of rotatable bonds is 9. The molecule has 0 aliphatic heterocycles. The Bertz CT molecular complexity index is 788. The highest BCUT2D eigenvalue weighted by Gasteiger charge is 2.14. The van der Waals surface area contributed by atoms with E-state index in [1.165, 1.54) is 6.92 Å². The average Bonchev–Trinajstić information content (AvgIpc) is 2.62. The predicted octanol–water partition coefficient (Wildman–Crippen LogP) is 5.30. The molecule has 0 aromatic heterocycles. The number of hydrogen-bond donors (Lipinski definition) is 0. The first kappa shape index (κ1) is 19.4. The molecule has 0 saturated carbocycles. The molecule has 0 amide bonds. The number of carbonyl (C=O) groups is 1. The van der Waals surface area contributed by atoms with Crippen LogP contribution in [0.15, 0.2) is 53.4 Å². The molecule has 4 heteroatoms. The molecule has 0 atom stereocenters. The fourth-order valence-electron chi connectivity index (χ4n) is 2.77. The molecule has 0 aliphatic rings. The Hall–Kier alpha value is -1.94. The molecular weight excluding hydrogens is 332 g/mol. The summed E-state index contributed by atoms with van der Waals surface area (Å²) in [7, 11) is -3.21. The number of benzene rings is 2. The zero-order valence-electron chi connectivity index (χ0n) is 15.0. The minimum Gasteiger partial charge on any atom is -0.295 e. The van der Waals surface area contributed by atoms with Gasteiger partial charge in [0.1, 0.15) is 0 Å². The minimum absolute atomic E-state index is 0.0342. The number of unbranched alkanes of at least 4 members (excludes halogenated alkanes) is 4. The van der Waals surface area contributed by atoms with Crippen LogP contribution in [0.2, 0.25) is 0 Å². The van der Waals surface area contributed by atoms with Crippen molar-refractivity contribution in [1.29, 1.82) is 0 Å². The fourth-order valence-corrected chi connectivity index (χ4v) is 4.14. The van der Waals surface area contributed by atoms with Crippen molar-refractivity contribution >= 4 is 15.6 Å². The van der Waals surface area contributed by atoms with Crippen LogP contribution in [-0.2, 0) is 9.84 Å². The maximum absolute atomic E-state index is 12.4. The average molecular weight is 359 g/mol. The van der Waals surface area contributed by atoms with Gasteiger partial charge in [0.15, 0.2) is 15.6 Å². The van der Waals surface area contributed by atoms with Gasteiger partial charge in [-0.15, -0.1) is 0 Å². The smallest absolute Gasteiger partial charge is 0.178 e. The van der Waals surface area contributed by atoms with Crippen LogP contribution in [0.3, 0.4) is 0 Å². The Balaban J connectivity index is 2.04. The molecule has 0 aliphatic carbocycles. The summed E-state index contributed by atoms with van der Waals surface area (Å²) in [5.74, 6) is 0.246. The summed E-state index contributed by atoms with van der Waals surface area (Å²) in [5.41, 5.74) is 2.58. The van der Waals surface area contributed by atoms with Crippen molar-refractivity contribution in [3.05, 3.63) is 54.1 Å². The molecule has 25 heavy (non-hydrogen) atoms. The van der Waals surface area contributed by atoms with Gasteiger partial charge in [0.2, 0.25) is 0 Å². The van der Waals surface area contributed by atoms with Crippen molar-refractivity contribution in [3.63, 3.8) is 0 Å². The molecule has 134 valence electrons. The van der Waals surface area contributed by atoms with Gasteiger partial charge in [-0.05, 0) is 36.6 Å². The van der Waals surface area contributed by atoms with Crippen LogP contribution >= 0.6 is 0 Å². The second-order valence-electron chi connectivity index (χ2n) is 6.39.